The maximum Gasteiger partial charge on any atom is 0.197 e. The van der Waals surface area contributed by atoms with E-state index in [9.17, 15) is 9.59 Å². The SMILES string of the molecule is O=C1/C(=C\c2ccc(N3c4ccsc4Sc4sccc43)s2)C(=O)c2cc3c(cc21)CCS3. The van der Waals surface area contributed by atoms with Crippen LogP contribution in [0, 0.1) is 0 Å². The van der Waals surface area contributed by atoms with E-state index >= 15 is 0 Å². The summed E-state index contributed by atoms with van der Waals surface area (Å²) >= 11 is 8.71. The quantitative estimate of drug-likeness (QED) is 0.179. The number of aryl methyl sites for hydroxylation is 1. The molecule has 3 aliphatic rings. The van der Waals surface area contributed by atoms with Crippen LogP contribution in [0.15, 0.2) is 66.0 Å². The van der Waals surface area contributed by atoms with Crippen molar-refractivity contribution in [2.45, 2.75) is 19.7 Å². The normalized spacial score (nSPS) is 17.6. The maximum absolute atomic E-state index is 13.1. The van der Waals surface area contributed by atoms with Gasteiger partial charge in [0.15, 0.2) is 11.6 Å². The maximum atomic E-state index is 13.1. The number of benzene rings is 1. The molecule has 3 nitrogen and oxygen atoms in total. The van der Waals surface area contributed by atoms with Crippen molar-refractivity contribution in [1.29, 1.82) is 0 Å². The first-order valence-electron chi connectivity index (χ1n) is 10.0. The van der Waals surface area contributed by atoms with E-state index in [1.54, 1.807) is 51.8 Å². The molecule has 1 aliphatic carbocycles. The molecule has 4 aromatic rings. The number of thiophene rings is 3. The average Bonchev–Trinajstić information content (AvgIpc) is 3.60. The Bertz CT molecular complexity index is 1400. The van der Waals surface area contributed by atoms with E-state index in [0.717, 1.165) is 26.9 Å². The second-order valence-corrected chi connectivity index (χ2v) is 13.2. The van der Waals surface area contributed by atoms with Crippen molar-refractivity contribution < 1.29 is 9.59 Å². The summed E-state index contributed by atoms with van der Waals surface area (Å²) in [6.07, 6.45) is 2.74. The summed E-state index contributed by atoms with van der Waals surface area (Å²) in [4.78, 5) is 30.5. The van der Waals surface area contributed by atoms with Crippen LogP contribution in [0.25, 0.3) is 6.08 Å². The van der Waals surface area contributed by atoms with E-state index in [1.165, 1.54) is 25.4 Å². The van der Waals surface area contributed by atoms with Crippen LogP contribution in [0.5, 0.6) is 0 Å². The van der Waals surface area contributed by atoms with Gasteiger partial charge in [-0.15, -0.1) is 45.8 Å². The fourth-order valence-corrected chi connectivity index (χ4v) is 9.66. The zero-order chi connectivity index (χ0) is 21.4. The second kappa shape index (κ2) is 7.20. The molecule has 0 amide bonds. The van der Waals surface area contributed by atoms with Crippen molar-refractivity contribution in [2.75, 3.05) is 10.7 Å². The number of hydrogen-bond donors (Lipinski definition) is 0. The minimum atomic E-state index is -0.148. The third kappa shape index (κ3) is 2.80. The van der Waals surface area contributed by atoms with E-state index in [1.807, 2.05) is 30.0 Å². The molecule has 0 fully saturated rings. The first-order chi connectivity index (χ1) is 15.7. The molecule has 0 spiro atoms. The lowest BCUT2D eigenvalue weighted by molar-refractivity contribution is 0.0990. The average molecular weight is 508 g/mol. The summed E-state index contributed by atoms with van der Waals surface area (Å²) in [5.41, 5.74) is 4.99. The molecule has 0 N–H and O–H groups in total. The molecule has 7 rings (SSSR count). The predicted octanol–water partition coefficient (Wildman–Crippen LogP) is 7.92. The number of Topliss-reactive ketones (excluding diaryl/α,β-unsaturated/α-hetero) is 2. The van der Waals surface area contributed by atoms with Crippen molar-refractivity contribution in [3.05, 3.63) is 74.3 Å². The van der Waals surface area contributed by atoms with E-state index in [-0.39, 0.29) is 17.1 Å². The molecule has 5 heterocycles. The highest BCUT2D eigenvalue weighted by atomic mass is 32.2. The summed E-state index contributed by atoms with van der Waals surface area (Å²) in [5, 5.41) is 5.34. The minimum Gasteiger partial charge on any atom is -0.298 e. The predicted molar refractivity (Wildman–Crippen MR) is 136 cm³/mol. The van der Waals surface area contributed by atoms with Gasteiger partial charge in [-0.05, 0) is 65.2 Å². The van der Waals surface area contributed by atoms with Gasteiger partial charge in [-0.25, -0.2) is 0 Å². The number of ketones is 2. The smallest absolute Gasteiger partial charge is 0.197 e. The molecule has 0 unspecified atom stereocenters. The Morgan fingerprint density at radius 3 is 2.34 bits per heavy atom. The molecule has 1 aromatic carbocycles. The number of thioether (sulfide) groups is 1. The Kier molecular flexibility index (Phi) is 4.36. The lowest BCUT2D eigenvalue weighted by Crippen LogP contribution is -2.10. The van der Waals surface area contributed by atoms with Crippen molar-refractivity contribution in [1.82, 2.24) is 0 Å². The zero-order valence-electron chi connectivity index (χ0n) is 16.4. The zero-order valence-corrected chi connectivity index (χ0v) is 20.5. The number of anilines is 3. The van der Waals surface area contributed by atoms with Crippen LogP contribution < -0.4 is 4.90 Å². The highest BCUT2D eigenvalue weighted by Gasteiger charge is 2.35. The Balaban J connectivity index is 1.27. The van der Waals surface area contributed by atoms with Gasteiger partial charge in [0, 0.05) is 26.7 Å². The van der Waals surface area contributed by atoms with E-state index in [0.29, 0.717) is 11.1 Å². The monoisotopic (exact) mass is 507 g/mol. The van der Waals surface area contributed by atoms with E-state index < -0.39 is 0 Å². The van der Waals surface area contributed by atoms with Gasteiger partial charge in [0.05, 0.1) is 25.4 Å². The molecule has 3 aromatic heterocycles. The van der Waals surface area contributed by atoms with Gasteiger partial charge in [0.25, 0.3) is 0 Å². The Hall–Kier alpha value is -2.10. The topological polar surface area (TPSA) is 37.4 Å². The third-order valence-corrected chi connectivity index (χ3v) is 11.2. The Morgan fingerprint density at radius 1 is 0.875 bits per heavy atom. The fourth-order valence-electron chi connectivity index (χ4n) is 4.32. The van der Waals surface area contributed by atoms with Gasteiger partial charge in [0.2, 0.25) is 0 Å². The molecular formula is C24H13NO2S5. The van der Waals surface area contributed by atoms with Gasteiger partial charge >= 0.3 is 0 Å². The number of allylic oxidation sites excluding steroid dienone is 1. The van der Waals surface area contributed by atoms with E-state index in [4.69, 9.17) is 0 Å². The van der Waals surface area contributed by atoms with Crippen molar-refractivity contribution in [3.8, 4) is 0 Å². The van der Waals surface area contributed by atoms with Crippen LogP contribution in [0.4, 0.5) is 16.4 Å². The van der Waals surface area contributed by atoms with Crippen molar-refractivity contribution in [2.24, 2.45) is 0 Å². The molecule has 32 heavy (non-hydrogen) atoms. The fraction of sp³-hybridized carbons (Fsp3) is 0.0833. The number of nitrogens with zero attached hydrogens (tertiary/aromatic N) is 1. The van der Waals surface area contributed by atoms with Gasteiger partial charge in [-0.3, -0.25) is 14.5 Å². The highest BCUT2D eigenvalue weighted by molar-refractivity contribution is 8.03. The first kappa shape index (κ1) is 19.4. The Morgan fingerprint density at radius 2 is 1.59 bits per heavy atom. The largest absolute Gasteiger partial charge is 0.298 e. The van der Waals surface area contributed by atoms with Crippen LogP contribution in [0.1, 0.15) is 31.2 Å². The molecular weight excluding hydrogens is 495 g/mol. The first-order valence-corrected chi connectivity index (χ1v) is 14.4. The van der Waals surface area contributed by atoms with Gasteiger partial charge in [0.1, 0.15) is 5.00 Å². The number of rotatable bonds is 2. The number of carbonyl (C=O) groups is 2. The molecule has 0 saturated carbocycles. The van der Waals surface area contributed by atoms with Crippen molar-refractivity contribution >= 4 is 91.6 Å². The number of carbonyl (C=O) groups excluding carboxylic acids is 2. The van der Waals surface area contributed by atoms with Gasteiger partial charge in [-0.2, -0.15) is 0 Å². The van der Waals surface area contributed by atoms with Crippen LogP contribution >= 0.6 is 57.5 Å². The lowest BCUT2D eigenvalue weighted by Gasteiger charge is -2.27. The second-order valence-electron chi connectivity index (χ2n) is 7.62. The van der Waals surface area contributed by atoms with Crippen LogP contribution in [-0.2, 0) is 6.42 Å². The lowest BCUT2D eigenvalue weighted by atomic mass is 10.0. The summed E-state index contributed by atoms with van der Waals surface area (Å²) in [6, 6.07) is 12.3. The molecule has 2 aliphatic heterocycles. The molecule has 0 saturated heterocycles. The Labute approximate surface area is 204 Å². The standard InChI is InChI=1S/C24H13NO2S5/c26-21-14-9-12-3-6-28-19(12)11-15(14)22(27)16(21)10-13-1-2-20(31-13)25-17-4-7-29-23(17)32-24-18(25)5-8-30-24/h1-2,4-5,7-11H,3,6H2/b16-10+. The molecule has 0 bridgehead atoms. The summed E-state index contributed by atoms with van der Waals surface area (Å²) in [7, 11) is 0. The highest BCUT2D eigenvalue weighted by Crippen LogP contribution is 2.56. The van der Waals surface area contributed by atoms with Gasteiger partial charge in [-0.1, -0.05) is 11.8 Å². The number of hydrogen-bond acceptors (Lipinski definition) is 8. The molecule has 0 atom stereocenters. The van der Waals surface area contributed by atoms with Crippen LogP contribution in [0.2, 0.25) is 0 Å². The number of fused-ring (bicyclic) bond motifs is 4. The summed E-state index contributed by atoms with van der Waals surface area (Å²) in [5.74, 6) is 0.729. The summed E-state index contributed by atoms with van der Waals surface area (Å²) < 4.78 is 2.58. The van der Waals surface area contributed by atoms with Gasteiger partial charge < -0.3 is 0 Å². The van der Waals surface area contributed by atoms with E-state index in [2.05, 4.69) is 33.9 Å². The summed E-state index contributed by atoms with van der Waals surface area (Å²) in [6.45, 7) is 0. The van der Waals surface area contributed by atoms with Crippen LogP contribution in [-0.4, -0.2) is 17.3 Å². The molecule has 0 radical (unpaired) electrons. The van der Waals surface area contributed by atoms with Crippen molar-refractivity contribution in [3.63, 3.8) is 0 Å². The van der Waals surface area contributed by atoms with Crippen LogP contribution in [0.3, 0.4) is 0 Å². The third-order valence-electron chi connectivity index (χ3n) is 5.82. The molecule has 156 valence electrons. The molecule has 8 heteroatoms. The minimum absolute atomic E-state index is 0.144.